The highest BCUT2D eigenvalue weighted by molar-refractivity contribution is 7.98. The van der Waals surface area contributed by atoms with E-state index in [1.54, 1.807) is 11.8 Å². The Hall–Kier alpha value is -3.31. The molecule has 0 saturated heterocycles. The fourth-order valence-electron chi connectivity index (χ4n) is 3.66. The van der Waals surface area contributed by atoms with Gasteiger partial charge in [-0.15, -0.1) is 11.8 Å². The maximum atomic E-state index is 13.4. The number of carbonyl (C=O) groups is 1. The minimum atomic E-state index is -0.119. The zero-order valence-electron chi connectivity index (χ0n) is 18.2. The summed E-state index contributed by atoms with van der Waals surface area (Å²) in [4.78, 5) is 14.3. The van der Waals surface area contributed by atoms with Crippen molar-refractivity contribution in [1.82, 2.24) is 10.5 Å². The lowest BCUT2D eigenvalue weighted by Gasteiger charge is -2.20. The average Bonchev–Trinajstić information content (AvgIpc) is 3.15. The topological polar surface area (TPSA) is 55.1 Å². The van der Waals surface area contributed by atoms with E-state index in [0.29, 0.717) is 11.3 Å². The van der Waals surface area contributed by atoms with Crippen molar-refractivity contribution in [3.05, 3.63) is 119 Å². The largest absolute Gasteiger partial charge is 0.361 e. The Balaban J connectivity index is 1.54. The molecular weight excluding hydrogens is 416 g/mol. The highest BCUT2D eigenvalue weighted by Gasteiger charge is 2.19. The van der Waals surface area contributed by atoms with Crippen LogP contribution in [0.15, 0.2) is 94.3 Å². The third-order valence-electron chi connectivity index (χ3n) is 5.47. The Kier molecular flexibility index (Phi) is 7.07. The van der Waals surface area contributed by atoms with Gasteiger partial charge >= 0.3 is 0 Å². The lowest BCUT2D eigenvalue weighted by Crippen LogP contribution is -2.30. The minimum Gasteiger partial charge on any atom is -0.361 e. The molecule has 0 unspecified atom stereocenters. The normalized spacial score (nSPS) is 11.8. The van der Waals surface area contributed by atoms with Crippen molar-refractivity contribution in [2.75, 3.05) is 0 Å². The molecule has 162 valence electrons. The van der Waals surface area contributed by atoms with Crippen molar-refractivity contribution in [3.8, 4) is 0 Å². The molecule has 0 aliphatic heterocycles. The Morgan fingerprint density at radius 2 is 1.59 bits per heavy atom. The van der Waals surface area contributed by atoms with Crippen molar-refractivity contribution in [2.45, 2.75) is 37.0 Å². The van der Waals surface area contributed by atoms with Crippen LogP contribution in [0, 0.1) is 13.8 Å². The van der Waals surface area contributed by atoms with Gasteiger partial charge in [0, 0.05) is 16.2 Å². The zero-order valence-corrected chi connectivity index (χ0v) is 19.1. The number of thioether (sulfide) groups is 1. The second-order valence-electron chi connectivity index (χ2n) is 7.71. The van der Waals surface area contributed by atoms with Crippen molar-refractivity contribution in [1.29, 1.82) is 0 Å². The van der Waals surface area contributed by atoms with Gasteiger partial charge in [0.05, 0.1) is 17.3 Å². The van der Waals surface area contributed by atoms with Gasteiger partial charge in [0.25, 0.3) is 5.91 Å². The fraction of sp³-hybridized carbons (Fsp3) is 0.185. The molecule has 0 aliphatic carbocycles. The summed E-state index contributed by atoms with van der Waals surface area (Å²) < 4.78 is 5.28. The van der Waals surface area contributed by atoms with Gasteiger partial charge in [-0.05, 0) is 43.5 Å². The maximum absolute atomic E-state index is 13.4. The molecule has 0 bridgehead atoms. The number of hydrogen-bond donors (Lipinski definition) is 1. The second-order valence-corrected chi connectivity index (χ2v) is 8.73. The number of nitrogens with zero attached hydrogens (tertiary/aromatic N) is 1. The second kappa shape index (κ2) is 10.3. The summed E-state index contributed by atoms with van der Waals surface area (Å²) in [6.07, 6.45) is 0.727. The Bertz CT molecular complexity index is 1150. The first kappa shape index (κ1) is 21.9. The van der Waals surface area contributed by atoms with Gasteiger partial charge < -0.3 is 9.84 Å². The number of rotatable bonds is 8. The van der Waals surface area contributed by atoms with Crippen LogP contribution < -0.4 is 5.32 Å². The molecule has 5 heteroatoms. The Morgan fingerprint density at radius 3 is 2.28 bits per heavy atom. The van der Waals surface area contributed by atoms with Gasteiger partial charge in [0.1, 0.15) is 5.76 Å². The maximum Gasteiger partial charge on any atom is 0.252 e. The Morgan fingerprint density at radius 1 is 0.938 bits per heavy atom. The van der Waals surface area contributed by atoms with Crippen LogP contribution in [0.2, 0.25) is 0 Å². The van der Waals surface area contributed by atoms with Crippen molar-refractivity contribution < 1.29 is 9.32 Å². The number of benzene rings is 3. The number of hydrogen-bond acceptors (Lipinski definition) is 4. The zero-order chi connectivity index (χ0) is 22.3. The quantitative estimate of drug-likeness (QED) is 0.326. The van der Waals surface area contributed by atoms with Crippen LogP contribution in [-0.4, -0.2) is 11.1 Å². The van der Waals surface area contributed by atoms with Crippen molar-refractivity contribution in [2.24, 2.45) is 0 Å². The van der Waals surface area contributed by atoms with Gasteiger partial charge in [-0.25, -0.2) is 0 Å². The summed E-state index contributed by atoms with van der Waals surface area (Å²) in [6.45, 7) is 3.86. The van der Waals surface area contributed by atoms with Crippen LogP contribution in [0.5, 0.6) is 0 Å². The number of amides is 1. The number of nitrogens with one attached hydrogen (secondary N) is 1. The van der Waals surface area contributed by atoms with E-state index >= 15 is 0 Å². The highest BCUT2D eigenvalue weighted by Crippen LogP contribution is 2.29. The first-order valence-electron chi connectivity index (χ1n) is 10.6. The molecule has 0 spiro atoms. The predicted octanol–water partition coefficient (Wildman–Crippen LogP) is 6.30. The van der Waals surface area contributed by atoms with Gasteiger partial charge in [-0.3, -0.25) is 4.79 Å². The van der Waals surface area contributed by atoms with Crippen molar-refractivity contribution in [3.63, 3.8) is 0 Å². The lowest BCUT2D eigenvalue weighted by atomic mass is 9.98. The van der Waals surface area contributed by atoms with E-state index in [2.05, 4.69) is 34.7 Å². The van der Waals surface area contributed by atoms with Crippen LogP contribution in [-0.2, 0) is 12.2 Å². The molecule has 0 fully saturated rings. The van der Waals surface area contributed by atoms with Gasteiger partial charge in [0.2, 0.25) is 0 Å². The molecule has 32 heavy (non-hydrogen) atoms. The van der Waals surface area contributed by atoms with E-state index in [-0.39, 0.29) is 11.9 Å². The third kappa shape index (κ3) is 5.29. The molecule has 0 radical (unpaired) electrons. The predicted molar refractivity (Wildman–Crippen MR) is 129 cm³/mol. The SMILES string of the molecule is Cc1noc(C)c1CSc1ccccc1C(=O)N[C@H](Cc1ccccc1)c1ccccc1. The van der Waals surface area contributed by atoms with Crippen LogP contribution in [0.4, 0.5) is 0 Å². The molecule has 4 rings (SSSR count). The summed E-state index contributed by atoms with van der Waals surface area (Å²) in [7, 11) is 0. The first-order chi connectivity index (χ1) is 15.6. The van der Waals surface area contributed by atoms with Crippen LogP contribution >= 0.6 is 11.8 Å². The Labute approximate surface area is 193 Å². The molecule has 0 aliphatic rings. The monoisotopic (exact) mass is 442 g/mol. The number of carbonyl (C=O) groups excluding carboxylic acids is 1. The standard InChI is InChI=1S/C27H26N2O2S/c1-19-24(20(2)31-29-19)18-32-26-16-10-9-15-23(26)27(30)28-25(22-13-7-4-8-14-22)17-21-11-5-3-6-12-21/h3-16,25H,17-18H2,1-2H3,(H,28,30)/t25-/m1/s1. The average molecular weight is 443 g/mol. The minimum absolute atomic E-state index is 0.0725. The van der Waals surface area contributed by atoms with Gasteiger partial charge in [0.15, 0.2) is 0 Å². The van der Waals surface area contributed by atoms with Crippen LogP contribution in [0.25, 0.3) is 0 Å². The van der Waals surface area contributed by atoms with Crippen molar-refractivity contribution >= 4 is 17.7 Å². The molecular formula is C27H26N2O2S. The van der Waals surface area contributed by atoms with Gasteiger partial charge in [-0.1, -0.05) is 78.0 Å². The van der Waals surface area contributed by atoms with Crippen LogP contribution in [0.1, 0.15) is 44.5 Å². The smallest absolute Gasteiger partial charge is 0.252 e. The first-order valence-corrected chi connectivity index (χ1v) is 11.6. The summed E-state index contributed by atoms with van der Waals surface area (Å²) in [5.74, 6) is 1.46. The summed E-state index contributed by atoms with van der Waals surface area (Å²) >= 11 is 1.63. The van der Waals surface area contributed by atoms with E-state index in [1.807, 2.05) is 74.5 Å². The molecule has 1 amide bonds. The number of aryl methyl sites for hydroxylation is 2. The lowest BCUT2D eigenvalue weighted by molar-refractivity contribution is 0.0933. The molecule has 4 aromatic rings. The molecule has 1 heterocycles. The summed E-state index contributed by atoms with van der Waals surface area (Å²) in [5.41, 5.74) is 4.92. The van der Waals surface area contributed by atoms with Crippen LogP contribution in [0.3, 0.4) is 0 Å². The van der Waals surface area contributed by atoms with E-state index in [1.165, 1.54) is 5.56 Å². The molecule has 1 N–H and O–H groups in total. The number of aromatic nitrogens is 1. The fourth-order valence-corrected chi connectivity index (χ4v) is 4.86. The highest BCUT2D eigenvalue weighted by atomic mass is 32.2. The van der Waals surface area contributed by atoms with E-state index in [0.717, 1.165) is 33.9 Å². The molecule has 0 saturated carbocycles. The molecule has 4 nitrogen and oxygen atoms in total. The van der Waals surface area contributed by atoms with E-state index < -0.39 is 0 Å². The van der Waals surface area contributed by atoms with E-state index in [4.69, 9.17) is 4.52 Å². The van der Waals surface area contributed by atoms with E-state index in [9.17, 15) is 4.79 Å². The summed E-state index contributed by atoms with van der Waals surface area (Å²) in [5, 5.41) is 7.30. The van der Waals surface area contributed by atoms with Gasteiger partial charge in [-0.2, -0.15) is 0 Å². The molecule has 1 aromatic heterocycles. The summed E-state index contributed by atoms with van der Waals surface area (Å²) in [6, 6.07) is 28.0. The third-order valence-corrected chi connectivity index (χ3v) is 6.57. The molecule has 1 atom stereocenters. The molecule has 3 aromatic carbocycles.